The van der Waals surface area contributed by atoms with Crippen molar-refractivity contribution in [2.45, 2.75) is 6.61 Å². The first-order valence-electron chi connectivity index (χ1n) is 9.77. The number of nitrogens with zero attached hydrogens (tertiary/aromatic N) is 4. The molecular weight excluding hydrogens is 428 g/mol. The van der Waals surface area contributed by atoms with E-state index in [1.54, 1.807) is 18.3 Å². The van der Waals surface area contributed by atoms with Gasteiger partial charge in [-0.15, -0.1) is 0 Å². The third kappa shape index (κ3) is 3.70. The standard InChI is InChI=1S/C24H15ClN4O3/c25-20-21-17(7-4-12-26-21)13-19-23(20)28-22(16-5-2-1-3-6-16)24(27-19)32-14-15-8-10-18(11-9-15)29(30)31/h1-13H,14H2. The topological polar surface area (TPSA) is 91.0 Å². The number of nitro groups is 1. The molecule has 5 rings (SSSR count). The van der Waals surface area contributed by atoms with E-state index in [0.717, 1.165) is 16.5 Å². The molecule has 5 aromatic rings. The van der Waals surface area contributed by atoms with E-state index in [4.69, 9.17) is 26.3 Å². The van der Waals surface area contributed by atoms with Crippen molar-refractivity contribution in [2.75, 3.05) is 0 Å². The van der Waals surface area contributed by atoms with Gasteiger partial charge in [0.15, 0.2) is 0 Å². The summed E-state index contributed by atoms with van der Waals surface area (Å²) < 4.78 is 6.04. The van der Waals surface area contributed by atoms with E-state index in [1.165, 1.54) is 12.1 Å². The monoisotopic (exact) mass is 442 g/mol. The van der Waals surface area contributed by atoms with Crippen LogP contribution in [0.2, 0.25) is 5.02 Å². The molecule has 7 nitrogen and oxygen atoms in total. The zero-order valence-corrected chi connectivity index (χ0v) is 17.4. The van der Waals surface area contributed by atoms with E-state index in [2.05, 4.69) is 4.98 Å². The maximum atomic E-state index is 10.9. The molecule has 0 spiro atoms. The molecule has 8 heteroatoms. The zero-order valence-electron chi connectivity index (χ0n) is 16.6. The van der Waals surface area contributed by atoms with Crippen LogP contribution in [-0.4, -0.2) is 19.9 Å². The first-order valence-corrected chi connectivity index (χ1v) is 10.1. The van der Waals surface area contributed by atoms with Crippen LogP contribution in [0, 0.1) is 10.1 Å². The first-order chi connectivity index (χ1) is 15.6. The Kier molecular flexibility index (Phi) is 5.09. The Hall–Kier alpha value is -4.10. The number of aromatic nitrogens is 3. The van der Waals surface area contributed by atoms with Crippen molar-refractivity contribution in [2.24, 2.45) is 0 Å². The van der Waals surface area contributed by atoms with Gasteiger partial charge in [0.05, 0.1) is 21.0 Å². The second-order valence-electron chi connectivity index (χ2n) is 7.09. The van der Waals surface area contributed by atoms with Gasteiger partial charge in [0.2, 0.25) is 5.88 Å². The normalized spacial score (nSPS) is 11.0. The Bertz CT molecular complexity index is 1460. The molecule has 0 aliphatic rings. The summed E-state index contributed by atoms with van der Waals surface area (Å²) in [7, 11) is 0. The lowest BCUT2D eigenvalue weighted by molar-refractivity contribution is -0.384. The predicted molar refractivity (Wildman–Crippen MR) is 123 cm³/mol. The Morgan fingerprint density at radius 3 is 2.47 bits per heavy atom. The van der Waals surface area contributed by atoms with Gasteiger partial charge in [0, 0.05) is 29.3 Å². The number of hydrogen-bond donors (Lipinski definition) is 0. The molecule has 0 aliphatic carbocycles. The minimum Gasteiger partial charge on any atom is -0.471 e. The average molecular weight is 443 g/mol. The van der Waals surface area contributed by atoms with Crippen LogP contribution in [0.4, 0.5) is 5.69 Å². The van der Waals surface area contributed by atoms with Crippen LogP contribution in [0.15, 0.2) is 79.0 Å². The lowest BCUT2D eigenvalue weighted by Gasteiger charge is -2.13. The number of ether oxygens (including phenoxy) is 1. The van der Waals surface area contributed by atoms with E-state index in [0.29, 0.717) is 33.1 Å². The van der Waals surface area contributed by atoms with Crippen molar-refractivity contribution >= 4 is 39.2 Å². The second-order valence-corrected chi connectivity index (χ2v) is 7.47. The summed E-state index contributed by atoms with van der Waals surface area (Å²) in [6.07, 6.45) is 1.69. The Morgan fingerprint density at radius 1 is 0.938 bits per heavy atom. The number of non-ortho nitro benzene ring substituents is 1. The van der Waals surface area contributed by atoms with Crippen molar-refractivity contribution in [3.8, 4) is 17.1 Å². The van der Waals surface area contributed by atoms with Gasteiger partial charge in [-0.1, -0.05) is 48.0 Å². The lowest BCUT2D eigenvalue weighted by Crippen LogP contribution is -2.02. The molecule has 0 radical (unpaired) electrons. The van der Waals surface area contributed by atoms with Gasteiger partial charge >= 0.3 is 0 Å². The number of fused-ring (bicyclic) bond motifs is 2. The Labute approximate surface area is 187 Å². The van der Waals surface area contributed by atoms with Crippen molar-refractivity contribution in [3.05, 3.63) is 99.7 Å². The molecule has 0 saturated heterocycles. The van der Waals surface area contributed by atoms with Gasteiger partial charge in [0.25, 0.3) is 5.69 Å². The molecule has 32 heavy (non-hydrogen) atoms. The Balaban J connectivity index is 1.60. The summed E-state index contributed by atoms with van der Waals surface area (Å²) in [5, 5.41) is 12.2. The number of benzene rings is 3. The summed E-state index contributed by atoms with van der Waals surface area (Å²) in [6.45, 7) is 0.181. The third-order valence-electron chi connectivity index (χ3n) is 5.01. The number of nitro benzene ring substituents is 1. The molecule has 0 unspecified atom stereocenters. The fraction of sp³-hybridized carbons (Fsp3) is 0.0417. The largest absolute Gasteiger partial charge is 0.471 e. The van der Waals surface area contributed by atoms with Crippen molar-refractivity contribution in [1.29, 1.82) is 0 Å². The number of rotatable bonds is 5. The summed E-state index contributed by atoms with van der Waals surface area (Å²) >= 11 is 6.64. The molecule has 2 heterocycles. The molecule has 3 aromatic carbocycles. The third-order valence-corrected chi connectivity index (χ3v) is 5.37. The molecule has 0 amide bonds. The molecule has 0 N–H and O–H groups in total. The minimum atomic E-state index is -0.435. The number of pyridine rings is 1. The van der Waals surface area contributed by atoms with Crippen molar-refractivity contribution in [1.82, 2.24) is 15.0 Å². The van der Waals surface area contributed by atoms with Crippen LogP contribution < -0.4 is 4.74 Å². The van der Waals surface area contributed by atoms with E-state index < -0.39 is 4.92 Å². The van der Waals surface area contributed by atoms with Crippen molar-refractivity contribution < 1.29 is 9.66 Å². The van der Waals surface area contributed by atoms with Crippen LogP contribution in [0.25, 0.3) is 33.2 Å². The lowest BCUT2D eigenvalue weighted by atomic mass is 10.1. The second kappa shape index (κ2) is 8.20. The molecule has 0 atom stereocenters. The van der Waals surface area contributed by atoms with Crippen LogP contribution in [0.1, 0.15) is 5.56 Å². The smallest absolute Gasteiger partial charge is 0.269 e. The summed E-state index contributed by atoms with van der Waals surface area (Å²) in [5.74, 6) is 0.348. The van der Waals surface area contributed by atoms with E-state index in [-0.39, 0.29) is 12.3 Å². The summed E-state index contributed by atoms with van der Waals surface area (Å²) in [6, 6.07) is 21.4. The van der Waals surface area contributed by atoms with Gasteiger partial charge < -0.3 is 4.74 Å². The molecule has 0 bridgehead atoms. The fourth-order valence-electron chi connectivity index (χ4n) is 3.42. The molecular formula is C24H15ClN4O3. The highest BCUT2D eigenvalue weighted by Gasteiger charge is 2.17. The Morgan fingerprint density at radius 2 is 1.72 bits per heavy atom. The maximum absolute atomic E-state index is 10.9. The maximum Gasteiger partial charge on any atom is 0.269 e. The van der Waals surface area contributed by atoms with E-state index in [1.807, 2.05) is 48.5 Å². The van der Waals surface area contributed by atoms with Crippen LogP contribution in [0.5, 0.6) is 5.88 Å². The zero-order chi connectivity index (χ0) is 22.1. The van der Waals surface area contributed by atoms with Gasteiger partial charge in [0.1, 0.15) is 17.8 Å². The van der Waals surface area contributed by atoms with Gasteiger partial charge in [-0.2, -0.15) is 0 Å². The van der Waals surface area contributed by atoms with Gasteiger partial charge in [-0.05, 0) is 29.8 Å². The summed E-state index contributed by atoms with van der Waals surface area (Å²) in [4.78, 5) is 24.3. The van der Waals surface area contributed by atoms with Crippen molar-refractivity contribution in [3.63, 3.8) is 0 Å². The highest BCUT2D eigenvalue weighted by Crippen LogP contribution is 2.35. The minimum absolute atomic E-state index is 0.0272. The molecule has 0 aliphatic heterocycles. The average Bonchev–Trinajstić information content (AvgIpc) is 2.83. The first kappa shape index (κ1) is 19.8. The molecule has 156 valence electrons. The van der Waals surface area contributed by atoms with Gasteiger partial charge in [-0.3, -0.25) is 15.1 Å². The molecule has 0 saturated carbocycles. The fourth-order valence-corrected chi connectivity index (χ4v) is 3.72. The van der Waals surface area contributed by atoms with Gasteiger partial charge in [-0.25, -0.2) is 9.97 Å². The van der Waals surface area contributed by atoms with Crippen LogP contribution >= 0.6 is 11.6 Å². The number of halogens is 1. The van der Waals surface area contributed by atoms with E-state index >= 15 is 0 Å². The molecule has 2 aromatic heterocycles. The van der Waals surface area contributed by atoms with Crippen LogP contribution in [-0.2, 0) is 6.61 Å². The highest BCUT2D eigenvalue weighted by atomic mass is 35.5. The predicted octanol–water partition coefficient (Wildman–Crippen LogP) is 5.99. The quantitative estimate of drug-likeness (QED) is 0.189. The van der Waals surface area contributed by atoms with Crippen LogP contribution in [0.3, 0.4) is 0 Å². The highest BCUT2D eigenvalue weighted by molar-refractivity contribution is 6.39. The van der Waals surface area contributed by atoms with E-state index in [9.17, 15) is 10.1 Å². The summed E-state index contributed by atoms with van der Waals surface area (Å²) in [5.41, 5.74) is 3.98. The SMILES string of the molecule is O=[N+]([O-])c1ccc(COc2nc3cc4cccnc4c(Cl)c3nc2-c2ccccc2)cc1. The molecule has 0 fully saturated rings. The number of hydrogen-bond acceptors (Lipinski definition) is 6.